The van der Waals surface area contributed by atoms with Gasteiger partial charge in [0.1, 0.15) is 5.82 Å². The topological polar surface area (TPSA) is 75.1 Å². The number of aryl methyl sites for hydroxylation is 1. The molecule has 1 atom stereocenters. The van der Waals surface area contributed by atoms with E-state index in [1.165, 1.54) is 20.1 Å². The van der Waals surface area contributed by atoms with Crippen LogP contribution < -0.4 is 28.7 Å². The first-order chi connectivity index (χ1) is 6.54. The molecule has 0 fully saturated rings. The molecule has 6 heteroatoms. The first kappa shape index (κ1) is 13.9. The zero-order valence-electron chi connectivity index (χ0n) is 9.27. The molecule has 0 aliphatic carbocycles. The smallest absolute Gasteiger partial charge is 0.549 e. The molecule has 0 saturated carbocycles. The molecule has 15 heavy (non-hydrogen) atoms. The van der Waals surface area contributed by atoms with E-state index in [2.05, 4.69) is 9.97 Å². The van der Waals surface area contributed by atoms with Crippen molar-refractivity contribution < 1.29 is 33.5 Å². The number of carbonyl (C=O) groups is 1. The minimum Gasteiger partial charge on any atom is -0.549 e. The molecule has 0 aromatic carbocycles. The Morgan fingerprint density at radius 3 is 2.60 bits per heavy atom. The van der Waals surface area contributed by atoms with Crippen LogP contribution in [0.4, 0.5) is 0 Å². The van der Waals surface area contributed by atoms with Gasteiger partial charge in [-0.2, -0.15) is 4.98 Å². The number of methoxy groups -OCH3 is 1. The molecule has 5 nitrogen and oxygen atoms in total. The van der Waals surface area contributed by atoms with E-state index in [1.807, 2.05) is 0 Å². The Kier molecular flexibility index (Phi) is 5.33. The second-order valence-corrected chi connectivity index (χ2v) is 2.92. The Labute approximate surface area is 100 Å². The molecule has 1 rings (SSSR count). The van der Waals surface area contributed by atoms with Gasteiger partial charge < -0.3 is 14.6 Å². The van der Waals surface area contributed by atoms with Crippen molar-refractivity contribution in [1.82, 2.24) is 9.97 Å². The van der Waals surface area contributed by atoms with Crippen molar-refractivity contribution in [3.63, 3.8) is 0 Å². The summed E-state index contributed by atoms with van der Waals surface area (Å²) in [6, 6.07) is 1.49. The molecule has 0 radical (unpaired) electrons. The fraction of sp³-hybridized carbons (Fsp3) is 0.444. The number of carboxylic acids is 1. The Morgan fingerprint density at radius 1 is 1.53 bits per heavy atom. The molecule has 1 unspecified atom stereocenters. The van der Waals surface area contributed by atoms with Gasteiger partial charge in [-0.3, -0.25) is 0 Å². The van der Waals surface area contributed by atoms with Gasteiger partial charge in [0.2, 0.25) is 5.88 Å². The molecule has 0 bridgehead atoms. The van der Waals surface area contributed by atoms with Crippen LogP contribution in [-0.4, -0.2) is 23.0 Å². The number of aromatic nitrogens is 2. The van der Waals surface area contributed by atoms with Crippen molar-refractivity contribution in [3.8, 4) is 5.88 Å². The van der Waals surface area contributed by atoms with Gasteiger partial charge in [-0.1, -0.05) is 6.92 Å². The van der Waals surface area contributed by atoms with Gasteiger partial charge >= 0.3 is 18.9 Å². The third-order valence-electron chi connectivity index (χ3n) is 1.84. The van der Waals surface area contributed by atoms with Gasteiger partial charge in [0.05, 0.1) is 18.8 Å². The van der Waals surface area contributed by atoms with E-state index in [-0.39, 0.29) is 18.9 Å². The fourth-order valence-electron chi connectivity index (χ4n) is 1.01. The van der Waals surface area contributed by atoms with Crippen LogP contribution >= 0.6 is 0 Å². The van der Waals surface area contributed by atoms with Crippen molar-refractivity contribution in [2.75, 3.05) is 7.11 Å². The van der Waals surface area contributed by atoms with Crippen LogP contribution in [0, 0.1) is 6.92 Å². The van der Waals surface area contributed by atoms with Crippen molar-refractivity contribution in [2.24, 2.45) is 0 Å². The standard InChI is InChI=1S/C9H12N2O3.Li/c1-5(9(12)13)7-4-8(14-3)11-6(2)10-7;/h4-5H,1-3H3,(H,12,13);/q;+1/p-1. The monoisotopic (exact) mass is 202 g/mol. The summed E-state index contributed by atoms with van der Waals surface area (Å²) in [6.07, 6.45) is 0. The predicted molar refractivity (Wildman–Crippen MR) is 46.7 cm³/mol. The molecule has 0 aliphatic rings. The zero-order chi connectivity index (χ0) is 10.7. The molecule has 76 valence electrons. The predicted octanol–water partition coefficient (Wildman–Crippen LogP) is -3.35. The number of aliphatic carboxylic acids is 1. The van der Waals surface area contributed by atoms with E-state index >= 15 is 0 Å². The van der Waals surface area contributed by atoms with Crippen molar-refractivity contribution >= 4 is 5.97 Å². The van der Waals surface area contributed by atoms with E-state index in [9.17, 15) is 9.90 Å². The normalized spacial score (nSPS) is 11.4. The van der Waals surface area contributed by atoms with Crippen LogP contribution in [0.5, 0.6) is 5.88 Å². The summed E-state index contributed by atoms with van der Waals surface area (Å²) in [5, 5.41) is 10.6. The molecule has 1 aromatic heterocycles. The molecule has 0 amide bonds. The van der Waals surface area contributed by atoms with Crippen LogP contribution in [0.15, 0.2) is 6.07 Å². The zero-order valence-corrected chi connectivity index (χ0v) is 9.27. The molecule has 0 N–H and O–H groups in total. The molecule has 0 spiro atoms. The van der Waals surface area contributed by atoms with Gasteiger partial charge in [-0.25, -0.2) is 4.98 Å². The SMILES string of the molecule is COc1cc(C(C)C(=O)[O-])nc(C)n1.[Li+]. The molecular weight excluding hydrogens is 191 g/mol. The quantitative estimate of drug-likeness (QED) is 0.479. The van der Waals surface area contributed by atoms with Crippen LogP contribution in [0.2, 0.25) is 0 Å². The minimum absolute atomic E-state index is 0. The summed E-state index contributed by atoms with van der Waals surface area (Å²) in [6.45, 7) is 3.19. The molecular formula is C9H11LiN2O3. The van der Waals surface area contributed by atoms with Crippen molar-refractivity contribution in [2.45, 2.75) is 19.8 Å². The second-order valence-electron chi connectivity index (χ2n) is 2.92. The fourth-order valence-corrected chi connectivity index (χ4v) is 1.01. The number of carboxylic acid groups (broad SMARTS) is 1. The van der Waals surface area contributed by atoms with E-state index in [1.54, 1.807) is 6.92 Å². The largest absolute Gasteiger partial charge is 1.00 e. The van der Waals surface area contributed by atoms with Crippen LogP contribution in [-0.2, 0) is 4.79 Å². The van der Waals surface area contributed by atoms with Gasteiger partial charge in [0.25, 0.3) is 0 Å². The van der Waals surface area contributed by atoms with Gasteiger partial charge in [0.15, 0.2) is 0 Å². The van der Waals surface area contributed by atoms with Crippen molar-refractivity contribution in [3.05, 3.63) is 17.6 Å². The van der Waals surface area contributed by atoms with E-state index in [4.69, 9.17) is 4.74 Å². The first-order valence-corrected chi connectivity index (χ1v) is 4.15. The average Bonchev–Trinajstić information content (AvgIpc) is 2.15. The Bertz CT molecular complexity index is 357. The number of ether oxygens (including phenoxy) is 1. The van der Waals surface area contributed by atoms with Crippen molar-refractivity contribution in [1.29, 1.82) is 0 Å². The second kappa shape index (κ2) is 5.74. The number of hydrogen-bond donors (Lipinski definition) is 0. The summed E-state index contributed by atoms with van der Waals surface area (Å²) in [7, 11) is 1.47. The molecule has 0 saturated heterocycles. The maximum atomic E-state index is 10.6. The summed E-state index contributed by atoms with van der Waals surface area (Å²) in [5.74, 6) is -1.08. The molecule has 1 aromatic rings. The van der Waals surface area contributed by atoms with Crippen LogP contribution in [0.25, 0.3) is 0 Å². The van der Waals surface area contributed by atoms with Gasteiger partial charge in [0, 0.05) is 12.0 Å². The molecule has 1 heterocycles. The summed E-state index contributed by atoms with van der Waals surface area (Å²) in [4.78, 5) is 18.5. The summed E-state index contributed by atoms with van der Waals surface area (Å²) in [5.41, 5.74) is 0.398. The van der Waals surface area contributed by atoms with E-state index in [0.29, 0.717) is 17.4 Å². The summed E-state index contributed by atoms with van der Waals surface area (Å²) >= 11 is 0. The number of rotatable bonds is 3. The van der Waals surface area contributed by atoms with E-state index in [0.717, 1.165) is 0 Å². The number of nitrogens with zero attached hydrogens (tertiary/aromatic N) is 2. The van der Waals surface area contributed by atoms with Gasteiger partial charge in [-0.05, 0) is 6.92 Å². The van der Waals surface area contributed by atoms with E-state index < -0.39 is 11.9 Å². The summed E-state index contributed by atoms with van der Waals surface area (Å²) < 4.78 is 4.90. The third kappa shape index (κ3) is 3.54. The average molecular weight is 202 g/mol. The van der Waals surface area contributed by atoms with Crippen LogP contribution in [0.1, 0.15) is 24.4 Å². The Balaban J connectivity index is 0.00000196. The van der Waals surface area contributed by atoms with Gasteiger partial charge in [-0.15, -0.1) is 0 Å². The number of carbonyl (C=O) groups excluding carboxylic acids is 1. The number of hydrogen-bond acceptors (Lipinski definition) is 5. The molecule has 0 aliphatic heterocycles. The Hall–Kier alpha value is -1.05. The van der Waals surface area contributed by atoms with Crippen LogP contribution in [0.3, 0.4) is 0 Å². The first-order valence-electron chi connectivity index (χ1n) is 4.15. The minimum atomic E-state index is -1.16. The maximum absolute atomic E-state index is 10.6. The maximum Gasteiger partial charge on any atom is 1.00 e. The third-order valence-corrected chi connectivity index (χ3v) is 1.84. The Morgan fingerprint density at radius 2 is 2.13 bits per heavy atom.